The molecule has 2 heterocycles. The minimum Gasteiger partial charge on any atom is -0.344 e. The van der Waals surface area contributed by atoms with Gasteiger partial charge in [-0.05, 0) is 100 Å². The first kappa shape index (κ1) is 22.3. The summed E-state index contributed by atoms with van der Waals surface area (Å²) in [6, 6.07) is 8.77. The van der Waals surface area contributed by atoms with Gasteiger partial charge in [0.2, 0.25) is 0 Å². The molecular formula is C24H35N3S2. The summed E-state index contributed by atoms with van der Waals surface area (Å²) in [5.41, 5.74) is 4.95. The minimum atomic E-state index is 0.834. The van der Waals surface area contributed by atoms with Crippen molar-refractivity contribution in [3.8, 4) is 0 Å². The summed E-state index contributed by atoms with van der Waals surface area (Å²) in [5.74, 6) is 0.888. The number of rotatable bonds is 7. The van der Waals surface area contributed by atoms with Gasteiger partial charge < -0.3 is 15.1 Å². The number of anilines is 1. The lowest BCUT2D eigenvalue weighted by molar-refractivity contribution is 0.186. The van der Waals surface area contributed by atoms with E-state index in [0.717, 1.165) is 36.2 Å². The van der Waals surface area contributed by atoms with Crippen molar-refractivity contribution in [1.29, 1.82) is 0 Å². The molecule has 1 aromatic heterocycles. The first-order valence-electron chi connectivity index (χ1n) is 10.8. The second-order valence-corrected chi connectivity index (χ2v) is 10.0. The molecule has 0 amide bonds. The number of hydrogen-bond donors (Lipinski definition) is 1. The van der Waals surface area contributed by atoms with E-state index in [2.05, 4.69) is 72.5 Å². The average molecular weight is 430 g/mol. The second-order valence-electron chi connectivity index (χ2n) is 8.58. The lowest BCUT2D eigenvalue weighted by Crippen LogP contribution is -2.38. The number of nitrogens with one attached hydrogen (secondary N) is 1. The first-order valence-corrected chi connectivity index (χ1v) is 12.1. The molecule has 1 aliphatic rings. The van der Waals surface area contributed by atoms with Crippen LogP contribution in [-0.2, 0) is 6.54 Å². The van der Waals surface area contributed by atoms with Crippen molar-refractivity contribution in [2.45, 2.75) is 53.5 Å². The zero-order valence-electron chi connectivity index (χ0n) is 18.3. The summed E-state index contributed by atoms with van der Waals surface area (Å²) < 4.78 is 0. The maximum absolute atomic E-state index is 5.87. The Hall–Kier alpha value is -1.43. The normalized spacial score (nSPS) is 15.4. The third-order valence-corrected chi connectivity index (χ3v) is 7.12. The summed E-state index contributed by atoms with van der Waals surface area (Å²) in [4.78, 5) is 6.32. The predicted octanol–water partition coefficient (Wildman–Crippen LogP) is 5.99. The highest BCUT2D eigenvalue weighted by atomic mass is 32.1. The van der Waals surface area contributed by atoms with Crippen LogP contribution in [0, 0.1) is 26.7 Å². The number of nitrogens with zero attached hydrogens (tertiary/aromatic N) is 2. The average Bonchev–Trinajstić information content (AvgIpc) is 3.18. The highest BCUT2D eigenvalue weighted by Crippen LogP contribution is 2.23. The van der Waals surface area contributed by atoms with Crippen LogP contribution in [0.25, 0.3) is 0 Å². The van der Waals surface area contributed by atoms with E-state index in [1.54, 1.807) is 11.3 Å². The molecule has 0 atom stereocenters. The SMILES string of the molecule is Cc1cc(C)c(NC(=S)N(CCCN2CCC(C)CC2)Cc2cccs2)c(C)c1. The van der Waals surface area contributed by atoms with Crippen LogP contribution in [-0.4, -0.2) is 41.1 Å². The zero-order chi connectivity index (χ0) is 20.8. The van der Waals surface area contributed by atoms with Gasteiger partial charge in [-0.1, -0.05) is 30.7 Å². The van der Waals surface area contributed by atoms with Crippen molar-refractivity contribution in [1.82, 2.24) is 9.80 Å². The number of thiophene rings is 1. The van der Waals surface area contributed by atoms with Crippen LogP contribution in [0.5, 0.6) is 0 Å². The van der Waals surface area contributed by atoms with E-state index in [1.807, 2.05) is 0 Å². The highest BCUT2D eigenvalue weighted by molar-refractivity contribution is 7.80. The Labute approximate surface area is 186 Å². The molecule has 0 bridgehead atoms. The molecule has 29 heavy (non-hydrogen) atoms. The smallest absolute Gasteiger partial charge is 0.173 e. The minimum absolute atomic E-state index is 0.834. The Morgan fingerprint density at radius 2 is 1.90 bits per heavy atom. The van der Waals surface area contributed by atoms with Crippen LogP contribution >= 0.6 is 23.6 Å². The third kappa shape index (κ3) is 6.53. The van der Waals surface area contributed by atoms with Crippen LogP contribution < -0.4 is 5.32 Å². The quantitative estimate of drug-likeness (QED) is 0.544. The van der Waals surface area contributed by atoms with Crippen LogP contribution in [0.1, 0.15) is 47.8 Å². The van der Waals surface area contributed by atoms with Crippen LogP contribution in [0.15, 0.2) is 29.6 Å². The molecular weight excluding hydrogens is 394 g/mol. The molecule has 1 N–H and O–H groups in total. The Bertz CT molecular complexity index is 769. The molecule has 2 aromatic rings. The van der Waals surface area contributed by atoms with Crippen molar-refractivity contribution < 1.29 is 0 Å². The number of piperidine rings is 1. The molecule has 1 aliphatic heterocycles. The number of likely N-dealkylation sites (tertiary alicyclic amines) is 1. The number of hydrogen-bond acceptors (Lipinski definition) is 3. The Balaban J connectivity index is 1.62. The molecule has 0 unspecified atom stereocenters. The summed E-state index contributed by atoms with van der Waals surface area (Å²) in [6.07, 6.45) is 3.82. The first-order chi connectivity index (χ1) is 13.9. The fourth-order valence-corrected chi connectivity index (χ4v) is 5.15. The van der Waals surface area contributed by atoms with Crippen LogP contribution in [0.2, 0.25) is 0 Å². The van der Waals surface area contributed by atoms with Gasteiger partial charge in [-0.15, -0.1) is 11.3 Å². The van der Waals surface area contributed by atoms with E-state index in [9.17, 15) is 0 Å². The number of thiocarbonyl (C=S) groups is 1. The van der Waals surface area contributed by atoms with Gasteiger partial charge in [0.1, 0.15) is 0 Å². The predicted molar refractivity (Wildman–Crippen MR) is 131 cm³/mol. The van der Waals surface area contributed by atoms with Gasteiger partial charge in [-0.3, -0.25) is 0 Å². The Morgan fingerprint density at radius 1 is 1.21 bits per heavy atom. The molecule has 1 fully saturated rings. The highest BCUT2D eigenvalue weighted by Gasteiger charge is 2.17. The van der Waals surface area contributed by atoms with Gasteiger partial charge in [0.15, 0.2) is 5.11 Å². The van der Waals surface area contributed by atoms with Crippen molar-refractivity contribution in [3.05, 3.63) is 51.2 Å². The van der Waals surface area contributed by atoms with E-state index < -0.39 is 0 Å². The Kier molecular flexibility index (Phi) is 8.10. The van der Waals surface area contributed by atoms with Gasteiger partial charge in [0.25, 0.3) is 0 Å². The lowest BCUT2D eigenvalue weighted by atomic mass is 9.99. The number of aryl methyl sites for hydroxylation is 3. The molecule has 3 nitrogen and oxygen atoms in total. The number of benzene rings is 1. The maximum atomic E-state index is 5.87. The van der Waals surface area contributed by atoms with Gasteiger partial charge in [0.05, 0.1) is 6.54 Å². The largest absolute Gasteiger partial charge is 0.344 e. The standard InChI is InChI=1S/C24H35N3S2/c1-18-8-12-26(13-9-18)10-6-11-27(17-22-7-5-14-29-22)24(28)25-23-20(3)15-19(2)16-21(23)4/h5,7,14-16,18H,6,8-13,17H2,1-4H3,(H,25,28). The molecule has 5 heteroatoms. The van der Waals surface area contributed by atoms with E-state index in [-0.39, 0.29) is 0 Å². The summed E-state index contributed by atoms with van der Waals surface area (Å²) >= 11 is 7.68. The molecule has 1 saturated heterocycles. The van der Waals surface area contributed by atoms with Crippen molar-refractivity contribution in [2.24, 2.45) is 5.92 Å². The summed E-state index contributed by atoms with van der Waals surface area (Å²) in [6.45, 7) is 14.4. The van der Waals surface area contributed by atoms with E-state index >= 15 is 0 Å². The fourth-order valence-electron chi connectivity index (χ4n) is 4.18. The molecule has 1 aromatic carbocycles. The van der Waals surface area contributed by atoms with E-state index in [1.165, 1.54) is 54.0 Å². The zero-order valence-corrected chi connectivity index (χ0v) is 20.0. The molecule has 158 valence electrons. The molecule has 0 radical (unpaired) electrons. The van der Waals surface area contributed by atoms with Crippen LogP contribution in [0.3, 0.4) is 0 Å². The second kappa shape index (κ2) is 10.6. The monoisotopic (exact) mass is 429 g/mol. The van der Waals surface area contributed by atoms with Crippen molar-refractivity contribution in [2.75, 3.05) is 31.5 Å². The van der Waals surface area contributed by atoms with Crippen molar-refractivity contribution in [3.63, 3.8) is 0 Å². The van der Waals surface area contributed by atoms with Gasteiger partial charge in [-0.2, -0.15) is 0 Å². The van der Waals surface area contributed by atoms with Gasteiger partial charge >= 0.3 is 0 Å². The van der Waals surface area contributed by atoms with Gasteiger partial charge in [0, 0.05) is 17.1 Å². The topological polar surface area (TPSA) is 18.5 Å². The van der Waals surface area contributed by atoms with Crippen molar-refractivity contribution >= 4 is 34.4 Å². The molecule has 0 aliphatic carbocycles. The van der Waals surface area contributed by atoms with E-state index in [4.69, 9.17) is 12.2 Å². The maximum Gasteiger partial charge on any atom is 0.173 e. The Morgan fingerprint density at radius 3 is 2.52 bits per heavy atom. The van der Waals surface area contributed by atoms with E-state index in [0.29, 0.717) is 0 Å². The van der Waals surface area contributed by atoms with Crippen LogP contribution in [0.4, 0.5) is 5.69 Å². The fraction of sp³-hybridized carbons (Fsp3) is 0.542. The third-order valence-electron chi connectivity index (χ3n) is 5.90. The molecule has 3 rings (SSSR count). The summed E-state index contributed by atoms with van der Waals surface area (Å²) in [5, 5.41) is 6.54. The lowest BCUT2D eigenvalue weighted by Gasteiger charge is -2.31. The summed E-state index contributed by atoms with van der Waals surface area (Å²) in [7, 11) is 0. The molecule has 0 spiro atoms. The molecule has 0 saturated carbocycles. The van der Waals surface area contributed by atoms with Gasteiger partial charge in [-0.25, -0.2) is 0 Å².